The van der Waals surface area contributed by atoms with Gasteiger partial charge in [-0.3, -0.25) is 4.79 Å². The Hall–Kier alpha value is -2.30. The summed E-state index contributed by atoms with van der Waals surface area (Å²) in [5.74, 6) is -0.118. The van der Waals surface area contributed by atoms with Crippen molar-refractivity contribution in [1.29, 1.82) is 0 Å². The lowest BCUT2D eigenvalue weighted by Crippen LogP contribution is -2.30. The molecule has 0 saturated heterocycles. The molecule has 0 radical (unpaired) electrons. The third-order valence-corrected chi connectivity index (χ3v) is 2.04. The Morgan fingerprint density at radius 2 is 1.84 bits per heavy atom. The van der Waals surface area contributed by atoms with E-state index in [-0.39, 0.29) is 17.7 Å². The van der Waals surface area contributed by atoms with Crippen molar-refractivity contribution in [3.05, 3.63) is 42.2 Å². The molecule has 1 aromatic carbocycles. The standard InChI is InChI=1S/C14H18N2O3/c1-10(2)15-14(18)19-11(3)9-13(17)16-12-7-5-4-6-8-12/h4-10H,1-3H3,(H,15,18)(H,16,17). The molecule has 0 spiro atoms. The molecule has 0 bridgehead atoms. The number of carbonyl (C=O) groups excluding carboxylic acids is 2. The number of hydrogen-bond donors (Lipinski definition) is 2. The van der Waals surface area contributed by atoms with Gasteiger partial charge in [0, 0.05) is 17.8 Å². The fourth-order valence-electron chi connectivity index (χ4n) is 1.33. The van der Waals surface area contributed by atoms with E-state index in [2.05, 4.69) is 10.6 Å². The zero-order chi connectivity index (χ0) is 14.3. The number of amides is 2. The van der Waals surface area contributed by atoms with Crippen molar-refractivity contribution in [1.82, 2.24) is 5.32 Å². The molecule has 5 nitrogen and oxygen atoms in total. The summed E-state index contributed by atoms with van der Waals surface area (Å²) < 4.78 is 4.92. The molecule has 102 valence electrons. The number of alkyl carbamates (subject to hydrolysis) is 1. The fraction of sp³-hybridized carbons (Fsp3) is 0.286. The van der Waals surface area contributed by atoms with Crippen LogP contribution in [0, 0.1) is 0 Å². The predicted molar refractivity (Wildman–Crippen MR) is 73.6 cm³/mol. The zero-order valence-corrected chi connectivity index (χ0v) is 11.3. The minimum atomic E-state index is -0.573. The first-order valence-corrected chi connectivity index (χ1v) is 6.00. The van der Waals surface area contributed by atoms with Gasteiger partial charge in [-0.1, -0.05) is 18.2 Å². The highest BCUT2D eigenvalue weighted by atomic mass is 16.6. The Morgan fingerprint density at radius 3 is 2.42 bits per heavy atom. The van der Waals surface area contributed by atoms with E-state index in [9.17, 15) is 9.59 Å². The van der Waals surface area contributed by atoms with E-state index in [1.165, 1.54) is 6.08 Å². The van der Waals surface area contributed by atoms with Gasteiger partial charge in [-0.2, -0.15) is 0 Å². The first kappa shape index (κ1) is 14.8. The third kappa shape index (κ3) is 6.26. The maximum absolute atomic E-state index is 11.6. The van der Waals surface area contributed by atoms with Crippen LogP contribution in [0.25, 0.3) is 0 Å². The molecular formula is C14H18N2O3. The van der Waals surface area contributed by atoms with E-state index >= 15 is 0 Å². The van der Waals surface area contributed by atoms with Gasteiger partial charge in [0.25, 0.3) is 5.91 Å². The van der Waals surface area contributed by atoms with Crippen molar-refractivity contribution in [2.45, 2.75) is 26.8 Å². The van der Waals surface area contributed by atoms with Gasteiger partial charge >= 0.3 is 6.09 Å². The molecule has 0 aliphatic rings. The largest absolute Gasteiger partial charge is 0.415 e. The van der Waals surface area contributed by atoms with Crippen LogP contribution in [0.1, 0.15) is 20.8 Å². The van der Waals surface area contributed by atoms with E-state index in [1.807, 2.05) is 32.0 Å². The monoisotopic (exact) mass is 262 g/mol. The second-order valence-corrected chi connectivity index (χ2v) is 4.30. The molecule has 0 unspecified atom stereocenters. The highest BCUT2D eigenvalue weighted by Crippen LogP contribution is 2.05. The SMILES string of the molecule is CC(=CC(=O)Nc1ccccc1)OC(=O)NC(C)C. The Balaban J connectivity index is 2.50. The van der Waals surface area contributed by atoms with Gasteiger partial charge < -0.3 is 15.4 Å². The van der Waals surface area contributed by atoms with Crippen molar-refractivity contribution in [3.63, 3.8) is 0 Å². The van der Waals surface area contributed by atoms with Crippen molar-refractivity contribution < 1.29 is 14.3 Å². The molecule has 19 heavy (non-hydrogen) atoms. The van der Waals surface area contributed by atoms with Crippen molar-refractivity contribution in [2.24, 2.45) is 0 Å². The van der Waals surface area contributed by atoms with Crippen molar-refractivity contribution in [3.8, 4) is 0 Å². The highest BCUT2D eigenvalue weighted by Gasteiger charge is 2.06. The number of anilines is 1. The van der Waals surface area contributed by atoms with Crippen molar-refractivity contribution in [2.75, 3.05) is 5.32 Å². The number of para-hydroxylation sites is 1. The van der Waals surface area contributed by atoms with E-state index in [0.717, 1.165) is 0 Å². The predicted octanol–water partition coefficient (Wildman–Crippen LogP) is 2.66. The molecule has 0 fully saturated rings. The van der Waals surface area contributed by atoms with E-state index in [1.54, 1.807) is 19.1 Å². The van der Waals surface area contributed by atoms with Crippen LogP contribution in [0.15, 0.2) is 42.2 Å². The lowest BCUT2D eigenvalue weighted by molar-refractivity contribution is -0.112. The molecule has 0 heterocycles. The molecule has 2 amide bonds. The lowest BCUT2D eigenvalue weighted by Gasteiger charge is -2.09. The number of ether oxygens (including phenoxy) is 1. The van der Waals surface area contributed by atoms with Crippen LogP contribution in [0.5, 0.6) is 0 Å². The molecule has 0 aromatic heterocycles. The molecule has 0 aliphatic heterocycles. The Kier molecular flexibility index (Phi) is 5.60. The van der Waals surface area contributed by atoms with Crippen LogP contribution >= 0.6 is 0 Å². The summed E-state index contributed by atoms with van der Waals surface area (Å²) in [6.45, 7) is 5.19. The Labute approximate surface area is 112 Å². The minimum Gasteiger partial charge on any atom is -0.415 e. The average molecular weight is 262 g/mol. The summed E-state index contributed by atoms with van der Waals surface area (Å²) in [5.41, 5.74) is 0.684. The third-order valence-electron chi connectivity index (χ3n) is 2.04. The number of carbonyl (C=O) groups is 2. The molecule has 0 aliphatic carbocycles. The van der Waals surface area contributed by atoms with E-state index < -0.39 is 6.09 Å². The highest BCUT2D eigenvalue weighted by molar-refractivity contribution is 5.99. The molecule has 1 aromatic rings. The molecule has 0 atom stereocenters. The normalized spacial score (nSPS) is 11.1. The minimum absolute atomic E-state index is 0.0153. The van der Waals surface area contributed by atoms with Gasteiger partial charge in [-0.25, -0.2) is 4.79 Å². The van der Waals surface area contributed by atoms with Crippen LogP contribution in [0.2, 0.25) is 0 Å². The maximum atomic E-state index is 11.6. The van der Waals surface area contributed by atoms with Crippen LogP contribution in [-0.2, 0) is 9.53 Å². The lowest BCUT2D eigenvalue weighted by atomic mass is 10.3. The maximum Gasteiger partial charge on any atom is 0.412 e. The van der Waals surface area contributed by atoms with Crippen molar-refractivity contribution >= 4 is 17.7 Å². The molecule has 2 N–H and O–H groups in total. The first-order valence-electron chi connectivity index (χ1n) is 6.00. The summed E-state index contributed by atoms with van der Waals surface area (Å²) in [6.07, 6.45) is 0.656. The number of hydrogen-bond acceptors (Lipinski definition) is 3. The van der Waals surface area contributed by atoms with Gasteiger partial charge in [-0.15, -0.1) is 0 Å². The number of allylic oxidation sites excluding steroid dienone is 1. The van der Waals surface area contributed by atoms with Crippen LogP contribution in [0.3, 0.4) is 0 Å². The smallest absolute Gasteiger partial charge is 0.412 e. The molecular weight excluding hydrogens is 244 g/mol. The van der Waals surface area contributed by atoms with Gasteiger partial charge in [0.05, 0.1) is 0 Å². The van der Waals surface area contributed by atoms with Crippen LogP contribution in [0.4, 0.5) is 10.5 Å². The summed E-state index contributed by atoms with van der Waals surface area (Å²) in [6, 6.07) is 9.02. The van der Waals surface area contributed by atoms with Crippen LogP contribution < -0.4 is 10.6 Å². The second-order valence-electron chi connectivity index (χ2n) is 4.30. The number of benzene rings is 1. The molecule has 0 saturated carbocycles. The number of rotatable bonds is 4. The summed E-state index contributed by atoms with van der Waals surface area (Å²) in [7, 11) is 0. The summed E-state index contributed by atoms with van der Waals surface area (Å²) >= 11 is 0. The topological polar surface area (TPSA) is 67.4 Å². The Bertz CT molecular complexity index is 467. The second kappa shape index (κ2) is 7.20. The zero-order valence-electron chi connectivity index (χ0n) is 11.3. The van der Waals surface area contributed by atoms with E-state index in [4.69, 9.17) is 4.74 Å². The van der Waals surface area contributed by atoms with Crippen LogP contribution in [-0.4, -0.2) is 18.0 Å². The quantitative estimate of drug-likeness (QED) is 0.647. The molecule has 1 rings (SSSR count). The number of nitrogens with one attached hydrogen (secondary N) is 2. The van der Waals surface area contributed by atoms with Gasteiger partial charge in [-0.05, 0) is 32.9 Å². The summed E-state index contributed by atoms with van der Waals surface area (Å²) in [4.78, 5) is 22.9. The van der Waals surface area contributed by atoms with E-state index in [0.29, 0.717) is 5.69 Å². The Morgan fingerprint density at radius 1 is 1.21 bits per heavy atom. The van der Waals surface area contributed by atoms with Gasteiger partial charge in [0.2, 0.25) is 0 Å². The average Bonchev–Trinajstić information content (AvgIpc) is 2.28. The van der Waals surface area contributed by atoms with Gasteiger partial charge in [0.15, 0.2) is 0 Å². The van der Waals surface area contributed by atoms with Gasteiger partial charge in [0.1, 0.15) is 5.76 Å². The summed E-state index contributed by atoms with van der Waals surface area (Å²) in [5, 5.41) is 5.22. The first-order chi connectivity index (χ1) is 8.97. The molecule has 5 heteroatoms. The fourth-order valence-corrected chi connectivity index (χ4v) is 1.33.